The molecule has 1 aliphatic heterocycles. The SMILES string of the molecule is CC[C@H]1CSC(=Nc2ccc(C)cc2)N1C(=O)COc1ccccc1OC. The quantitative estimate of drug-likeness (QED) is 0.740. The minimum atomic E-state index is -0.0939. The average molecular weight is 385 g/mol. The summed E-state index contributed by atoms with van der Waals surface area (Å²) < 4.78 is 11.0. The van der Waals surface area contributed by atoms with Gasteiger partial charge in [-0.3, -0.25) is 9.69 Å². The van der Waals surface area contributed by atoms with Crippen molar-refractivity contribution in [2.75, 3.05) is 19.5 Å². The van der Waals surface area contributed by atoms with E-state index in [0.29, 0.717) is 11.5 Å². The largest absolute Gasteiger partial charge is 0.493 e. The van der Waals surface area contributed by atoms with Crippen molar-refractivity contribution in [2.24, 2.45) is 4.99 Å². The molecule has 0 bridgehead atoms. The number of hydrogen-bond donors (Lipinski definition) is 0. The van der Waals surface area contributed by atoms with Gasteiger partial charge in [-0.1, -0.05) is 48.5 Å². The van der Waals surface area contributed by atoms with Gasteiger partial charge in [-0.15, -0.1) is 0 Å². The lowest BCUT2D eigenvalue weighted by Gasteiger charge is -2.23. The molecule has 0 saturated carbocycles. The minimum Gasteiger partial charge on any atom is -0.493 e. The van der Waals surface area contributed by atoms with Crippen molar-refractivity contribution in [1.29, 1.82) is 0 Å². The van der Waals surface area contributed by atoms with Crippen molar-refractivity contribution < 1.29 is 14.3 Å². The van der Waals surface area contributed by atoms with Crippen LogP contribution >= 0.6 is 11.8 Å². The Bertz CT molecular complexity index is 820. The normalized spacial score (nSPS) is 18.0. The molecule has 2 aromatic carbocycles. The average Bonchev–Trinajstić information content (AvgIpc) is 3.10. The number of amides is 1. The van der Waals surface area contributed by atoms with Crippen LogP contribution in [0.1, 0.15) is 18.9 Å². The summed E-state index contributed by atoms with van der Waals surface area (Å²) in [6, 6.07) is 15.4. The summed E-state index contributed by atoms with van der Waals surface area (Å²) in [5.74, 6) is 1.93. The molecule has 142 valence electrons. The van der Waals surface area contributed by atoms with Crippen LogP contribution in [0.15, 0.2) is 53.5 Å². The summed E-state index contributed by atoms with van der Waals surface area (Å²) in [5, 5.41) is 0.735. The highest BCUT2D eigenvalue weighted by atomic mass is 32.2. The molecule has 1 atom stereocenters. The molecule has 1 aliphatic rings. The molecule has 5 nitrogen and oxygen atoms in total. The topological polar surface area (TPSA) is 51.1 Å². The number of aryl methyl sites for hydroxylation is 1. The molecule has 1 saturated heterocycles. The lowest BCUT2D eigenvalue weighted by Crippen LogP contribution is -2.41. The highest BCUT2D eigenvalue weighted by Gasteiger charge is 2.34. The van der Waals surface area contributed by atoms with Crippen LogP contribution in [0.3, 0.4) is 0 Å². The summed E-state index contributed by atoms with van der Waals surface area (Å²) in [6.45, 7) is 4.07. The molecule has 0 spiro atoms. The van der Waals surface area contributed by atoms with Crippen molar-refractivity contribution in [3.05, 3.63) is 54.1 Å². The number of aliphatic imine (C=N–C) groups is 1. The molecule has 0 unspecified atom stereocenters. The van der Waals surface area contributed by atoms with E-state index in [4.69, 9.17) is 14.5 Å². The maximum atomic E-state index is 12.9. The van der Waals surface area contributed by atoms with Crippen LogP contribution in [0.2, 0.25) is 0 Å². The fourth-order valence-electron chi connectivity index (χ4n) is 2.84. The van der Waals surface area contributed by atoms with Gasteiger partial charge in [-0.05, 0) is 37.6 Å². The van der Waals surface area contributed by atoms with E-state index in [2.05, 4.69) is 6.92 Å². The molecule has 1 fully saturated rings. The zero-order valence-electron chi connectivity index (χ0n) is 15.8. The fourth-order valence-corrected chi connectivity index (χ4v) is 4.13. The Balaban J connectivity index is 1.76. The van der Waals surface area contributed by atoms with Gasteiger partial charge in [0.25, 0.3) is 5.91 Å². The second kappa shape index (κ2) is 8.95. The van der Waals surface area contributed by atoms with Crippen molar-refractivity contribution in [3.8, 4) is 11.5 Å². The molecule has 3 rings (SSSR count). The number of para-hydroxylation sites is 2. The Kier molecular flexibility index (Phi) is 6.40. The highest BCUT2D eigenvalue weighted by Crippen LogP contribution is 2.30. The van der Waals surface area contributed by atoms with Gasteiger partial charge in [0.2, 0.25) is 0 Å². The molecule has 1 heterocycles. The number of carbonyl (C=O) groups is 1. The van der Waals surface area contributed by atoms with Crippen LogP contribution in [0, 0.1) is 6.92 Å². The lowest BCUT2D eigenvalue weighted by atomic mass is 10.2. The molecule has 0 aliphatic carbocycles. The first-order valence-electron chi connectivity index (χ1n) is 8.98. The van der Waals surface area contributed by atoms with Crippen LogP contribution in [-0.2, 0) is 4.79 Å². The second-order valence-electron chi connectivity index (χ2n) is 6.31. The Labute approximate surface area is 164 Å². The van der Waals surface area contributed by atoms with Crippen molar-refractivity contribution >= 4 is 28.5 Å². The van der Waals surface area contributed by atoms with Crippen molar-refractivity contribution in [2.45, 2.75) is 26.3 Å². The van der Waals surface area contributed by atoms with Crippen LogP contribution < -0.4 is 9.47 Å². The minimum absolute atomic E-state index is 0.0512. The summed E-state index contributed by atoms with van der Waals surface area (Å²) in [7, 11) is 1.58. The molecular weight excluding hydrogens is 360 g/mol. The number of rotatable bonds is 6. The van der Waals surface area contributed by atoms with Gasteiger partial charge in [-0.2, -0.15) is 0 Å². The van der Waals surface area contributed by atoms with E-state index in [1.54, 1.807) is 29.8 Å². The van der Waals surface area contributed by atoms with Gasteiger partial charge >= 0.3 is 0 Å². The molecular formula is C21H24N2O3S. The zero-order valence-corrected chi connectivity index (χ0v) is 16.7. The maximum Gasteiger partial charge on any atom is 0.266 e. The molecule has 6 heteroatoms. The summed E-state index contributed by atoms with van der Waals surface area (Å²) in [4.78, 5) is 19.4. The first kappa shape index (κ1) is 19.3. The van der Waals surface area contributed by atoms with Gasteiger partial charge in [0, 0.05) is 11.8 Å². The number of hydrogen-bond acceptors (Lipinski definition) is 5. The Morgan fingerprint density at radius 2 is 1.89 bits per heavy atom. The smallest absolute Gasteiger partial charge is 0.266 e. The lowest BCUT2D eigenvalue weighted by molar-refractivity contribution is -0.130. The number of amidine groups is 1. The number of benzene rings is 2. The van der Waals surface area contributed by atoms with E-state index in [1.807, 2.05) is 49.4 Å². The van der Waals surface area contributed by atoms with E-state index in [0.717, 1.165) is 23.0 Å². The van der Waals surface area contributed by atoms with E-state index < -0.39 is 0 Å². The van der Waals surface area contributed by atoms with E-state index in [9.17, 15) is 4.79 Å². The highest BCUT2D eigenvalue weighted by molar-refractivity contribution is 8.14. The predicted molar refractivity (Wildman–Crippen MR) is 110 cm³/mol. The van der Waals surface area contributed by atoms with Crippen LogP contribution in [-0.4, -0.2) is 41.5 Å². The van der Waals surface area contributed by atoms with Crippen LogP contribution in [0.4, 0.5) is 5.69 Å². The van der Waals surface area contributed by atoms with Crippen molar-refractivity contribution in [1.82, 2.24) is 4.90 Å². The van der Waals surface area contributed by atoms with Crippen molar-refractivity contribution in [3.63, 3.8) is 0 Å². The number of carbonyl (C=O) groups excluding carboxylic acids is 1. The molecule has 27 heavy (non-hydrogen) atoms. The van der Waals surface area contributed by atoms with E-state index in [1.165, 1.54) is 5.56 Å². The molecule has 2 aromatic rings. The zero-order chi connectivity index (χ0) is 19.2. The standard InChI is InChI=1S/C21H24N2O3S/c1-4-17-14-27-21(22-16-11-9-15(2)10-12-16)23(17)20(24)13-26-19-8-6-5-7-18(19)25-3/h5-12,17H,4,13-14H2,1-3H3/t17-/m0/s1. The van der Waals surface area contributed by atoms with Gasteiger partial charge in [-0.25, -0.2) is 4.99 Å². The van der Waals surface area contributed by atoms with Gasteiger partial charge < -0.3 is 9.47 Å². The van der Waals surface area contributed by atoms with E-state index >= 15 is 0 Å². The fraction of sp³-hybridized carbons (Fsp3) is 0.333. The third kappa shape index (κ3) is 4.63. The Morgan fingerprint density at radius 1 is 1.19 bits per heavy atom. The third-order valence-electron chi connectivity index (χ3n) is 4.39. The first-order valence-corrected chi connectivity index (χ1v) is 9.97. The number of methoxy groups -OCH3 is 1. The summed E-state index contributed by atoms with van der Waals surface area (Å²) in [6.07, 6.45) is 0.875. The van der Waals surface area contributed by atoms with Gasteiger partial charge in [0.05, 0.1) is 12.8 Å². The summed E-state index contributed by atoms with van der Waals surface area (Å²) in [5.41, 5.74) is 2.03. The number of ether oxygens (including phenoxy) is 2. The monoisotopic (exact) mass is 384 g/mol. The van der Waals surface area contributed by atoms with Crippen LogP contribution in [0.25, 0.3) is 0 Å². The number of thioether (sulfide) groups is 1. The molecule has 0 aromatic heterocycles. The van der Waals surface area contributed by atoms with Gasteiger partial charge in [0.15, 0.2) is 23.3 Å². The first-order chi connectivity index (χ1) is 13.1. The Morgan fingerprint density at radius 3 is 2.56 bits per heavy atom. The maximum absolute atomic E-state index is 12.9. The van der Waals surface area contributed by atoms with E-state index in [-0.39, 0.29) is 18.6 Å². The predicted octanol–water partition coefficient (Wildman–Crippen LogP) is 4.42. The number of nitrogens with zero attached hydrogens (tertiary/aromatic N) is 2. The molecule has 0 radical (unpaired) electrons. The molecule has 0 N–H and O–H groups in total. The van der Waals surface area contributed by atoms with Crippen LogP contribution in [0.5, 0.6) is 11.5 Å². The molecule has 1 amide bonds. The Hall–Kier alpha value is -2.47. The second-order valence-corrected chi connectivity index (χ2v) is 7.29. The summed E-state index contributed by atoms with van der Waals surface area (Å²) >= 11 is 1.61. The van der Waals surface area contributed by atoms with Gasteiger partial charge in [0.1, 0.15) is 0 Å². The third-order valence-corrected chi connectivity index (χ3v) is 5.49.